The minimum atomic E-state index is -0.132. The first-order valence-corrected chi connectivity index (χ1v) is 10.8. The van der Waals surface area contributed by atoms with Crippen molar-refractivity contribution in [1.29, 1.82) is 0 Å². The predicted molar refractivity (Wildman–Crippen MR) is 126 cm³/mol. The van der Waals surface area contributed by atoms with E-state index in [0.717, 1.165) is 11.1 Å². The molecule has 0 saturated heterocycles. The van der Waals surface area contributed by atoms with E-state index in [2.05, 4.69) is 4.98 Å². The second-order valence-corrected chi connectivity index (χ2v) is 7.74. The van der Waals surface area contributed by atoms with E-state index >= 15 is 0 Å². The number of amides is 1. The van der Waals surface area contributed by atoms with Crippen LogP contribution in [-0.2, 0) is 11.3 Å². The molecule has 8 nitrogen and oxygen atoms in total. The molecule has 0 atom stereocenters. The minimum absolute atomic E-state index is 0.000908. The van der Waals surface area contributed by atoms with E-state index in [1.807, 2.05) is 30.3 Å². The van der Waals surface area contributed by atoms with Gasteiger partial charge in [0.25, 0.3) is 5.56 Å². The highest BCUT2D eigenvalue weighted by molar-refractivity contribution is 5.81. The van der Waals surface area contributed by atoms with E-state index < -0.39 is 0 Å². The van der Waals surface area contributed by atoms with Crippen LogP contribution in [0.5, 0.6) is 17.2 Å². The number of carbonyl (C=O) groups excluding carboxylic acids is 1. The summed E-state index contributed by atoms with van der Waals surface area (Å²) in [5.41, 5.74) is 2.46. The Morgan fingerprint density at radius 1 is 1.06 bits per heavy atom. The highest BCUT2D eigenvalue weighted by atomic mass is 16.5. The molecule has 33 heavy (non-hydrogen) atoms. The van der Waals surface area contributed by atoms with Crippen molar-refractivity contribution in [3.05, 3.63) is 64.7 Å². The molecule has 1 aliphatic rings. The fourth-order valence-electron chi connectivity index (χ4n) is 4.08. The van der Waals surface area contributed by atoms with Gasteiger partial charge in [-0.3, -0.25) is 14.2 Å². The molecule has 2 heterocycles. The topological polar surface area (TPSA) is 82.9 Å². The van der Waals surface area contributed by atoms with Crippen LogP contribution >= 0.6 is 0 Å². The van der Waals surface area contributed by atoms with Gasteiger partial charge < -0.3 is 19.1 Å². The summed E-state index contributed by atoms with van der Waals surface area (Å²) in [5.74, 6) is 1.99. The average molecular weight is 450 g/mol. The number of fused-ring (bicyclic) bond motifs is 1. The molecule has 4 rings (SSSR count). The maximum Gasteiger partial charge on any atom is 0.261 e. The Labute approximate surface area is 192 Å². The number of methoxy groups -OCH3 is 3. The van der Waals surface area contributed by atoms with Crippen molar-refractivity contribution < 1.29 is 19.0 Å². The van der Waals surface area contributed by atoms with Crippen LogP contribution in [0.3, 0.4) is 0 Å². The lowest BCUT2D eigenvalue weighted by Gasteiger charge is -2.28. The summed E-state index contributed by atoms with van der Waals surface area (Å²) in [4.78, 5) is 31.6. The van der Waals surface area contributed by atoms with Crippen LogP contribution in [0.1, 0.15) is 18.4 Å². The summed E-state index contributed by atoms with van der Waals surface area (Å²) >= 11 is 0. The zero-order valence-corrected chi connectivity index (χ0v) is 19.0. The lowest BCUT2D eigenvalue weighted by atomic mass is 9.97. The van der Waals surface area contributed by atoms with Crippen molar-refractivity contribution in [3.8, 4) is 17.2 Å². The summed E-state index contributed by atoms with van der Waals surface area (Å²) in [6, 6.07) is 10.9. The highest BCUT2D eigenvalue weighted by Gasteiger charge is 2.23. The summed E-state index contributed by atoms with van der Waals surface area (Å²) in [6.45, 7) is 1.36. The Hall–Kier alpha value is -3.81. The van der Waals surface area contributed by atoms with Gasteiger partial charge in [-0.2, -0.15) is 0 Å². The Morgan fingerprint density at radius 3 is 2.42 bits per heavy atom. The quantitative estimate of drug-likeness (QED) is 0.551. The molecule has 2 aromatic carbocycles. The number of hydrogen-bond donors (Lipinski definition) is 0. The van der Waals surface area contributed by atoms with Crippen LogP contribution in [-0.4, -0.2) is 54.8 Å². The van der Waals surface area contributed by atoms with E-state index in [0.29, 0.717) is 54.2 Å². The summed E-state index contributed by atoms with van der Waals surface area (Å²) in [5, 5.41) is 0.556. The van der Waals surface area contributed by atoms with Gasteiger partial charge in [-0.25, -0.2) is 4.98 Å². The second-order valence-electron chi connectivity index (χ2n) is 7.74. The molecule has 3 aromatic rings. The average Bonchev–Trinajstić information content (AvgIpc) is 2.87. The lowest BCUT2D eigenvalue weighted by Crippen LogP contribution is -2.35. The van der Waals surface area contributed by atoms with E-state index in [1.54, 1.807) is 38.4 Å². The molecule has 1 aliphatic heterocycles. The number of rotatable bonds is 7. The van der Waals surface area contributed by atoms with Crippen molar-refractivity contribution >= 4 is 22.4 Å². The van der Waals surface area contributed by atoms with Crippen LogP contribution in [0, 0.1) is 0 Å². The minimum Gasteiger partial charge on any atom is -0.496 e. The molecule has 8 heteroatoms. The van der Waals surface area contributed by atoms with Gasteiger partial charge in [-0.1, -0.05) is 18.2 Å². The fraction of sp³-hybridized carbons (Fsp3) is 0.320. The fourth-order valence-corrected chi connectivity index (χ4v) is 4.08. The Balaban J connectivity index is 1.46. The van der Waals surface area contributed by atoms with Gasteiger partial charge in [0.1, 0.15) is 17.2 Å². The molecular weight excluding hydrogens is 422 g/mol. The zero-order chi connectivity index (χ0) is 23.4. The summed E-state index contributed by atoms with van der Waals surface area (Å²) < 4.78 is 18.0. The Morgan fingerprint density at radius 2 is 1.79 bits per heavy atom. The largest absolute Gasteiger partial charge is 0.496 e. The summed E-state index contributed by atoms with van der Waals surface area (Å²) in [6.07, 6.45) is 4.44. The number of nitrogens with zero attached hydrogens (tertiary/aromatic N) is 3. The molecule has 0 aliphatic carbocycles. The first kappa shape index (κ1) is 22.4. The second kappa shape index (κ2) is 9.77. The standard InChI is InChI=1S/C25H27N3O5/c1-31-18-14-21(32-2)24(22(15-18)33-3)17-8-11-27(12-9-17)23(29)10-13-28-16-26-20-7-5-4-6-19(20)25(28)30/h4-8,14-16H,9-13H2,1-3H3. The van der Waals surface area contributed by atoms with Gasteiger partial charge in [0.15, 0.2) is 0 Å². The normalized spacial score (nSPS) is 13.5. The van der Waals surface area contributed by atoms with Crippen LogP contribution < -0.4 is 19.8 Å². The van der Waals surface area contributed by atoms with Crippen molar-refractivity contribution in [2.24, 2.45) is 0 Å². The monoisotopic (exact) mass is 449 g/mol. The first-order valence-electron chi connectivity index (χ1n) is 10.8. The van der Waals surface area contributed by atoms with Crippen molar-refractivity contribution in [1.82, 2.24) is 14.5 Å². The summed E-state index contributed by atoms with van der Waals surface area (Å²) in [7, 11) is 4.82. The van der Waals surface area contributed by atoms with Gasteiger partial charge in [0, 0.05) is 38.2 Å². The molecule has 0 spiro atoms. The molecule has 172 valence electrons. The van der Waals surface area contributed by atoms with Crippen molar-refractivity contribution in [3.63, 3.8) is 0 Å². The molecule has 0 fully saturated rings. The third-order valence-electron chi connectivity index (χ3n) is 5.90. The number of hydrogen-bond acceptors (Lipinski definition) is 6. The third-order valence-corrected chi connectivity index (χ3v) is 5.90. The first-order chi connectivity index (χ1) is 16.0. The predicted octanol–water partition coefficient (Wildman–Crippen LogP) is 3.13. The zero-order valence-electron chi connectivity index (χ0n) is 19.0. The van der Waals surface area contributed by atoms with E-state index in [4.69, 9.17) is 14.2 Å². The van der Waals surface area contributed by atoms with Crippen LogP contribution in [0.25, 0.3) is 16.5 Å². The van der Waals surface area contributed by atoms with Gasteiger partial charge in [0.2, 0.25) is 5.91 Å². The maximum absolute atomic E-state index is 12.8. The highest BCUT2D eigenvalue weighted by Crippen LogP contribution is 2.40. The molecule has 1 aromatic heterocycles. The van der Waals surface area contributed by atoms with Crippen molar-refractivity contribution in [2.45, 2.75) is 19.4 Å². The number of carbonyl (C=O) groups is 1. The number of ether oxygens (including phenoxy) is 3. The van der Waals surface area contributed by atoms with Gasteiger partial charge in [0.05, 0.1) is 44.1 Å². The van der Waals surface area contributed by atoms with E-state index in [1.165, 1.54) is 10.9 Å². The van der Waals surface area contributed by atoms with Gasteiger partial charge in [-0.05, 0) is 24.1 Å². The Bertz CT molecular complexity index is 1240. The number of para-hydroxylation sites is 1. The van der Waals surface area contributed by atoms with Crippen LogP contribution in [0.15, 0.2) is 53.6 Å². The number of aromatic nitrogens is 2. The van der Waals surface area contributed by atoms with Crippen molar-refractivity contribution in [2.75, 3.05) is 34.4 Å². The molecule has 0 radical (unpaired) electrons. The molecule has 0 unspecified atom stereocenters. The molecule has 1 amide bonds. The maximum atomic E-state index is 12.8. The molecule has 0 saturated carbocycles. The number of aryl methyl sites for hydroxylation is 1. The molecule has 0 bridgehead atoms. The number of benzene rings is 2. The smallest absolute Gasteiger partial charge is 0.261 e. The molecular formula is C25H27N3O5. The lowest BCUT2D eigenvalue weighted by molar-refractivity contribution is -0.131. The van der Waals surface area contributed by atoms with Gasteiger partial charge >= 0.3 is 0 Å². The molecule has 0 N–H and O–H groups in total. The van der Waals surface area contributed by atoms with E-state index in [9.17, 15) is 9.59 Å². The van der Waals surface area contributed by atoms with E-state index in [-0.39, 0.29) is 17.9 Å². The SMILES string of the molecule is COc1cc(OC)c(C2=CCN(C(=O)CCn3cnc4ccccc4c3=O)CC2)c(OC)c1. The van der Waals surface area contributed by atoms with Crippen LogP contribution in [0.4, 0.5) is 0 Å². The Kier molecular flexibility index (Phi) is 6.63. The van der Waals surface area contributed by atoms with Gasteiger partial charge in [-0.15, -0.1) is 0 Å². The van der Waals surface area contributed by atoms with Crippen LogP contribution in [0.2, 0.25) is 0 Å². The third kappa shape index (κ3) is 4.55.